The second-order valence-electron chi connectivity index (χ2n) is 6.44. The summed E-state index contributed by atoms with van der Waals surface area (Å²) < 4.78 is 10.6. The van der Waals surface area contributed by atoms with E-state index < -0.39 is 23.5 Å². The Kier molecular flexibility index (Phi) is 4.94. The molecule has 4 rings (SSSR count). The van der Waals surface area contributed by atoms with Gasteiger partial charge in [0.15, 0.2) is 11.6 Å². The number of aliphatic hydroxyl groups is 1. The predicted molar refractivity (Wildman–Crippen MR) is 107 cm³/mol. The Bertz CT molecular complexity index is 1080. The number of Topliss-reactive ketones (excluding diaryl/α,β-unsaturated/α-hetero) is 1. The van der Waals surface area contributed by atoms with Crippen LogP contribution in [0.15, 0.2) is 63.7 Å². The number of aromatic nitrogens is 1. The molecule has 2 aromatic heterocycles. The molecule has 1 aliphatic rings. The average molecular weight is 410 g/mol. The van der Waals surface area contributed by atoms with Crippen molar-refractivity contribution in [1.29, 1.82) is 0 Å². The fraction of sp³-hybridized carbons (Fsp3) is 0.190. The van der Waals surface area contributed by atoms with Gasteiger partial charge in [-0.3, -0.25) is 14.5 Å². The molecule has 0 radical (unpaired) electrons. The number of amides is 1. The molecule has 1 N–H and O–H groups in total. The Balaban J connectivity index is 1.83. The molecule has 148 valence electrons. The fourth-order valence-corrected chi connectivity index (χ4v) is 3.99. The van der Waals surface area contributed by atoms with Crippen LogP contribution in [-0.2, 0) is 4.79 Å². The lowest BCUT2D eigenvalue weighted by molar-refractivity contribution is -0.117. The standard InChI is InChI=1S/C21H18N2O5S/c1-3-27-14-8-6-13(7-9-14)18-17(19(24)15-5-4-10-29-15)20(25)21(26)23(18)16-11-12(2)28-22-16/h4-11,18,25H,3H2,1-2H3/t18-/m1/s1. The molecule has 0 unspecified atom stereocenters. The molecule has 0 fully saturated rings. The van der Waals surface area contributed by atoms with Crippen LogP contribution in [0.5, 0.6) is 5.75 Å². The van der Waals surface area contributed by atoms with E-state index in [4.69, 9.17) is 9.26 Å². The smallest absolute Gasteiger partial charge is 0.295 e. The molecule has 29 heavy (non-hydrogen) atoms. The quantitative estimate of drug-likeness (QED) is 0.612. The van der Waals surface area contributed by atoms with Gasteiger partial charge in [0.1, 0.15) is 11.5 Å². The summed E-state index contributed by atoms with van der Waals surface area (Å²) in [4.78, 5) is 27.8. The number of carbonyl (C=O) groups is 2. The van der Waals surface area contributed by atoms with Gasteiger partial charge in [-0.1, -0.05) is 23.4 Å². The minimum Gasteiger partial charge on any atom is -0.503 e. The van der Waals surface area contributed by atoms with Crippen molar-refractivity contribution in [2.75, 3.05) is 11.5 Å². The summed E-state index contributed by atoms with van der Waals surface area (Å²) in [5, 5.41) is 16.3. The van der Waals surface area contributed by atoms with Crippen molar-refractivity contribution in [3.05, 3.63) is 75.4 Å². The van der Waals surface area contributed by atoms with Gasteiger partial charge in [-0.2, -0.15) is 0 Å². The zero-order valence-electron chi connectivity index (χ0n) is 15.8. The first-order valence-electron chi connectivity index (χ1n) is 9.02. The van der Waals surface area contributed by atoms with Gasteiger partial charge < -0.3 is 14.4 Å². The van der Waals surface area contributed by atoms with Gasteiger partial charge in [0.2, 0.25) is 5.78 Å². The van der Waals surface area contributed by atoms with Crippen molar-refractivity contribution < 1.29 is 24.0 Å². The van der Waals surface area contributed by atoms with Crippen LogP contribution in [0.1, 0.15) is 34.0 Å². The van der Waals surface area contributed by atoms with Crippen LogP contribution >= 0.6 is 11.3 Å². The second kappa shape index (κ2) is 7.56. The lowest BCUT2D eigenvalue weighted by Crippen LogP contribution is -2.31. The number of aryl methyl sites for hydroxylation is 1. The van der Waals surface area contributed by atoms with Crippen LogP contribution in [0, 0.1) is 6.92 Å². The molecule has 0 saturated heterocycles. The summed E-state index contributed by atoms with van der Waals surface area (Å²) in [6.07, 6.45) is 0. The van der Waals surface area contributed by atoms with Crippen LogP contribution in [0.25, 0.3) is 0 Å². The maximum absolute atomic E-state index is 13.1. The Labute approximate surface area is 170 Å². The van der Waals surface area contributed by atoms with E-state index in [0.29, 0.717) is 28.6 Å². The molecule has 8 heteroatoms. The van der Waals surface area contributed by atoms with Crippen LogP contribution in [0.3, 0.4) is 0 Å². The first-order chi connectivity index (χ1) is 14.0. The first-order valence-corrected chi connectivity index (χ1v) is 9.90. The van der Waals surface area contributed by atoms with Gasteiger partial charge in [0, 0.05) is 6.07 Å². The minimum atomic E-state index is -0.836. The number of thiophene rings is 1. The van der Waals surface area contributed by atoms with Crippen molar-refractivity contribution in [3.8, 4) is 5.75 Å². The number of benzene rings is 1. The summed E-state index contributed by atoms with van der Waals surface area (Å²) in [5.41, 5.74) is 0.661. The topological polar surface area (TPSA) is 92.9 Å². The number of carbonyl (C=O) groups excluding carboxylic acids is 2. The Hall–Kier alpha value is -3.39. The highest BCUT2D eigenvalue weighted by Crippen LogP contribution is 2.42. The van der Waals surface area contributed by atoms with E-state index in [-0.39, 0.29) is 11.4 Å². The minimum absolute atomic E-state index is 0.0160. The van der Waals surface area contributed by atoms with E-state index in [2.05, 4.69) is 5.16 Å². The van der Waals surface area contributed by atoms with Gasteiger partial charge in [0.25, 0.3) is 5.91 Å². The number of ether oxygens (including phenoxy) is 1. The van der Waals surface area contributed by atoms with E-state index >= 15 is 0 Å². The van der Waals surface area contributed by atoms with E-state index in [1.807, 2.05) is 6.92 Å². The lowest BCUT2D eigenvalue weighted by atomic mass is 9.95. The third kappa shape index (κ3) is 3.31. The second-order valence-corrected chi connectivity index (χ2v) is 7.39. The molecule has 0 saturated carbocycles. The maximum atomic E-state index is 13.1. The predicted octanol–water partition coefficient (Wildman–Crippen LogP) is 4.23. The maximum Gasteiger partial charge on any atom is 0.295 e. The third-order valence-electron chi connectivity index (χ3n) is 4.57. The molecule has 0 spiro atoms. The molecule has 3 aromatic rings. The van der Waals surface area contributed by atoms with Crippen LogP contribution in [0.4, 0.5) is 5.82 Å². The molecular weight excluding hydrogens is 392 g/mol. The van der Waals surface area contributed by atoms with E-state index in [9.17, 15) is 14.7 Å². The van der Waals surface area contributed by atoms with Crippen LogP contribution < -0.4 is 9.64 Å². The van der Waals surface area contributed by atoms with E-state index in [0.717, 1.165) is 0 Å². The normalized spacial score (nSPS) is 16.6. The highest BCUT2D eigenvalue weighted by Gasteiger charge is 2.46. The molecule has 1 amide bonds. The zero-order chi connectivity index (χ0) is 20.5. The third-order valence-corrected chi connectivity index (χ3v) is 5.44. The van der Waals surface area contributed by atoms with Gasteiger partial charge in [-0.05, 0) is 43.0 Å². The van der Waals surface area contributed by atoms with Gasteiger partial charge in [0.05, 0.1) is 23.1 Å². The summed E-state index contributed by atoms with van der Waals surface area (Å²) in [5.74, 6) is -0.265. The van der Waals surface area contributed by atoms with Crippen molar-refractivity contribution in [2.24, 2.45) is 0 Å². The summed E-state index contributed by atoms with van der Waals surface area (Å²) in [6, 6.07) is 11.2. The molecule has 1 aliphatic heterocycles. The summed E-state index contributed by atoms with van der Waals surface area (Å²) in [6.45, 7) is 4.11. The number of ketones is 1. The van der Waals surface area contributed by atoms with Crippen LogP contribution in [-0.4, -0.2) is 28.6 Å². The number of hydrogen-bond donors (Lipinski definition) is 1. The molecule has 0 aliphatic carbocycles. The van der Waals surface area contributed by atoms with Crippen molar-refractivity contribution >= 4 is 28.8 Å². The number of nitrogens with zero attached hydrogens (tertiary/aromatic N) is 2. The number of anilines is 1. The molecule has 0 bridgehead atoms. The van der Waals surface area contributed by atoms with Crippen molar-refractivity contribution in [3.63, 3.8) is 0 Å². The molecule has 1 aromatic carbocycles. The Morgan fingerprint density at radius 1 is 1.31 bits per heavy atom. The molecule has 3 heterocycles. The number of rotatable bonds is 6. The Morgan fingerprint density at radius 3 is 2.66 bits per heavy atom. The van der Waals surface area contributed by atoms with E-state index in [1.54, 1.807) is 54.8 Å². The lowest BCUT2D eigenvalue weighted by Gasteiger charge is -2.24. The summed E-state index contributed by atoms with van der Waals surface area (Å²) in [7, 11) is 0. The molecule has 7 nitrogen and oxygen atoms in total. The SMILES string of the molecule is CCOc1ccc([C@@H]2C(C(=O)c3cccs3)=C(O)C(=O)N2c2cc(C)on2)cc1. The van der Waals surface area contributed by atoms with E-state index in [1.165, 1.54) is 16.2 Å². The zero-order valence-corrected chi connectivity index (χ0v) is 16.6. The number of hydrogen-bond acceptors (Lipinski definition) is 7. The monoisotopic (exact) mass is 410 g/mol. The van der Waals surface area contributed by atoms with Crippen molar-refractivity contribution in [2.45, 2.75) is 19.9 Å². The van der Waals surface area contributed by atoms with Gasteiger partial charge >= 0.3 is 0 Å². The first kappa shape index (κ1) is 18.9. The number of aliphatic hydroxyl groups excluding tert-OH is 1. The largest absolute Gasteiger partial charge is 0.503 e. The van der Waals surface area contributed by atoms with Crippen LogP contribution in [0.2, 0.25) is 0 Å². The van der Waals surface area contributed by atoms with Gasteiger partial charge in [-0.15, -0.1) is 11.3 Å². The molecule has 1 atom stereocenters. The van der Waals surface area contributed by atoms with Gasteiger partial charge in [-0.25, -0.2) is 0 Å². The van der Waals surface area contributed by atoms with Crippen molar-refractivity contribution in [1.82, 2.24) is 5.16 Å². The Morgan fingerprint density at radius 2 is 2.07 bits per heavy atom. The molecular formula is C21H18N2O5S. The summed E-state index contributed by atoms with van der Waals surface area (Å²) >= 11 is 1.25. The fourth-order valence-electron chi connectivity index (χ4n) is 3.31. The highest BCUT2D eigenvalue weighted by atomic mass is 32.1. The average Bonchev–Trinajstić information content (AvgIpc) is 3.44. The highest BCUT2D eigenvalue weighted by molar-refractivity contribution is 7.12.